The monoisotopic (exact) mass is 184 g/mol. The topological polar surface area (TPSA) is 74.6 Å². The molecule has 0 saturated heterocycles. The zero-order chi connectivity index (χ0) is 9.80. The molecule has 4 nitrogen and oxygen atoms in total. The van der Waals surface area contributed by atoms with Gasteiger partial charge in [0.2, 0.25) is 0 Å². The molecule has 0 spiro atoms. The van der Waals surface area contributed by atoms with Crippen LogP contribution in [0.5, 0.6) is 0 Å². The Morgan fingerprint density at radius 2 is 2.00 bits per heavy atom. The summed E-state index contributed by atoms with van der Waals surface area (Å²) in [5, 5.41) is 17.8. The molecule has 0 aromatic rings. The second kappa shape index (κ2) is 2.25. The number of carboxylic acids is 2. The summed E-state index contributed by atoms with van der Waals surface area (Å²) in [4.78, 5) is 21.6. The van der Waals surface area contributed by atoms with E-state index in [9.17, 15) is 9.59 Å². The second-order valence-corrected chi connectivity index (χ2v) is 4.31. The van der Waals surface area contributed by atoms with Crippen LogP contribution in [0.4, 0.5) is 0 Å². The minimum absolute atomic E-state index is 0.123. The molecule has 72 valence electrons. The fraction of sp³-hybridized carbons (Fsp3) is 0.778. The summed E-state index contributed by atoms with van der Waals surface area (Å²) < 4.78 is 0. The maximum atomic E-state index is 10.9. The van der Waals surface area contributed by atoms with Crippen molar-refractivity contribution in [1.82, 2.24) is 0 Å². The molecule has 0 radical (unpaired) electrons. The predicted octanol–water partition coefficient (Wildman–Crippen LogP) is 0.818. The summed E-state index contributed by atoms with van der Waals surface area (Å²) in [5.41, 5.74) is -0.784. The van der Waals surface area contributed by atoms with Crippen molar-refractivity contribution in [3.63, 3.8) is 0 Å². The molecule has 4 unspecified atom stereocenters. The molecular weight excluding hydrogens is 172 g/mol. The lowest BCUT2D eigenvalue weighted by molar-refractivity contribution is -0.150. The molecule has 4 heteroatoms. The minimum atomic E-state index is -0.844. The van der Waals surface area contributed by atoms with E-state index in [0.717, 1.165) is 6.42 Å². The fourth-order valence-corrected chi connectivity index (χ4v) is 2.82. The van der Waals surface area contributed by atoms with Gasteiger partial charge in [-0.3, -0.25) is 9.59 Å². The quantitative estimate of drug-likeness (QED) is 0.666. The van der Waals surface area contributed by atoms with E-state index in [-0.39, 0.29) is 11.8 Å². The zero-order valence-corrected chi connectivity index (χ0v) is 7.36. The Morgan fingerprint density at radius 1 is 1.38 bits per heavy atom. The summed E-state index contributed by atoms with van der Waals surface area (Å²) in [5.74, 6) is -2.07. The highest BCUT2D eigenvalue weighted by Gasteiger charge is 2.69. The van der Waals surface area contributed by atoms with E-state index in [1.807, 2.05) is 0 Å². The van der Waals surface area contributed by atoms with Gasteiger partial charge in [-0.25, -0.2) is 0 Å². The van der Waals surface area contributed by atoms with E-state index in [1.165, 1.54) is 0 Å². The van der Waals surface area contributed by atoms with E-state index in [2.05, 4.69) is 0 Å². The average molecular weight is 184 g/mol. The van der Waals surface area contributed by atoms with Gasteiger partial charge < -0.3 is 10.2 Å². The maximum absolute atomic E-state index is 10.9. The largest absolute Gasteiger partial charge is 0.481 e. The summed E-state index contributed by atoms with van der Waals surface area (Å²) >= 11 is 0. The molecule has 0 heterocycles. The number of rotatable bonds is 2. The van der Waals surface area contributed by atoms with Crippen LogP contribution in [-0.4, -0.2) is 22.2 Å². The van der Waals surface area contributed by atoms with E-state index < -0.39 is 23.3 Å². The van der Waals surface area contributed by atoms with Crippen molar-refractivity contribution in [3.05, 3.63) is 0 Å². The molecule has 0 amide bonds. The second-order valence-electron chi connectivity index (χ2n) is 4.31. The van der Waals surface area contributed by atoms with E-state index in [0.29, 0.717) is 6.42 Å². The van der Waals surface area contributed by atoms with Crippen molar-refractivity contribution >= 4 is 11.9 Å². The molecule has 2 fully saturated rings. The summed E-state index contributed by atoms with van der Waals surface area (Å²) in [6.07, 6.45) is 1.38. The van der Waals surface area contributed by atoms with Crippen LogP contribution in [0.25, 0.3) is 0 Å². The number of fused-ring (bicyclic) bond motifs is 1. The standard InChI is InChI=1S/C9H12O4/c1-9(8(12)13)3-2-4-5(6(4)9)7(10)11/h4-6H,2-3H2,1H3,(H,10,11)(H,12,13). The molecule has 0 aliphatic heterocycles. The Hall–Kier alpha value is -1.06. The van der Waals surface area contributed by atoms with Gasteiger partial charge >= 0.3 is 11.9 Å². The molecule has 0 bridgehead atoms. The summed E-state index contributed by atoms with van der Waals surface area (Å²) in [6.45, 7) is 1.67. The number of hydrogen-bond acceptors (Lipinski definition) is 2. The number of carboxylic acid groups (broad SMARTS) is 2. The zero-order valence-electron chi connectivity index (χ0n) is 7.36. The van der Waals surface area contributed by atoms with Crippen LogP contribution in [0.3, 0.4) is 0 Å². The fourth-order valence-electron chi connectivity index (χ4n) is 2.82. The molecule has 4 atom stereocenters. The van der Waals surface area contributed by atoms with Gasteiger partial charge in [0.25, 0.3) is 0 Å². The molecule has 2 aliphatic carbocycles. The van der Waals surface area contributed by atoms with Gasteiger partial charge in [-0.15, -0.1) is 0 Å². The Kier molecular flexibility index (Phi) is 1.47. The molecule has 2 rings (SSSR count). The van der Waals surface area contributed by atoms with Gasteiger partial charge in [-0.1, -0.05) is 0 Å². The number of carbonyl (C=O) groups is 2. The highest BCUT2D eigenvalue weighted by atomic mass is 16.4. The molecule has 2 aliphatic rings. The SMILES string of the molecule is CC1(C(=O)O)CCC2C(C(=O)O)C21. The third-order valence-electron chi connectivity index (χ3n) is 3.67. The van der Waals surface area contributed by atoms with Crippen LogP contribution >= 0.6 is 0 Å². The van der Waals surface area contributed by atoms with Crippen molar-refractivity contribution in [3.8, 4) is 0 Å². The van der Waals surface area contributed by atoms with Crippen LogP contribution in [0, 0.1) is 23.2 Å². The van der Waals surface area contributed by atoms with Crippen LogP contribution in [0.1, 0.15) is 19.8 Å². The Labute approximate surface area is 75.6 Å². The highest BCUT2D eigenvalue weighted by Crippen LogP contribution is 2.66. The van der Waals surface area contributed by atoms with Gasteiger partial charge in [0.1, 0.15) is 0 Å². The molecule has 2 N–H and O–H groups in total. The van der Waals surface area contributed by atoms with Crippen molar-refractivity contribution in [1.29, 1.82) is 0 Å². The summed E-state index contributed by atoms with van der Waals surface area (Å²) in [6, 6.07) is 0. The van der Waals surface area contributed by atoms with Crippen molar-refractivity contribution < 1.29 is 19.8 Å². The lowest BCUT2D eigenvalue weighted by Crippen LogP contribution is -2.29. The van der Waals surface area contributed by atoms with Crippen LogP contribution in [0.15, 0.2) is 0 Å². The van der Waals surface area contributed by atoms with Crippen LogP contribution in [-0.2, 0) is 9.59 Å². The molecule has 0 aromatic carbocycles. The molecule has 0 aromatic heterocycles. The van der Waals surface area contributed by atoms with Crippen molar-refractivity contribution in [2.24, 2.45) is 23.2 Å². The van der Waals surface area contributed by atoms with E-state index >= 15 is 0 Å². The van der Waals surface area contributed by atoms with E-state index in [1.54, 1.807) is 6.92 Å². The Balaban J connectivity index is 2.20. The first-order chi connectivity index (χ1) is 5.98. The van der Waals surface area contributed by atoms with Gasteiger partial charge in [-0.2, -0.15) is 0 Å². The first-order valence-electron chi connectivity index (χ1n) is 4.44. The minimum Gasteiger partial charge on any atom is -0.481 e. The van der Waals surface area contributed by atoms with Gasteiger partial charge in [0, 0.05) is 0 Å². The van der Waals surface area contributed by atoms with Crippen LogP contribution in [0.2, 0.25) is 0 Å². The first kappa shape index (κ1) is 8.53. The van der Waals surface area contributed by atoms with Crippen molar-refractivity contribution in [2.75, 3.05) is 0 Å². The van der Waals surface area contributed by atoms with Gasteiger partial charge in [0.15, 0.2) is 0 Å². The van der Waals surface area contributed by atoms with Crippen LogP contribution < -0.4 is 0 Å². The normalized spacial score (nSPS) is 47.0. The lowest BCUT2D eigenvalue weighted by atomic mass is 9.83. The van der Waals surface area contributed by atoms with E-state index in [4.69, 9.17) is 10.2 Å². The van der Waals surface area contributed by atoms with Crippen molar-refractivity contribution in [2.45, 2.75) is 19.8 Å². The Morgan fingerprint density at radius 3 is 2.38 bits per heavy atom. The lowest BCUT2D eigenvalue weighted by Gasteiger charge is -2.20. The third-order valence-corrected chi connectivity index (χ3v) is 3.67. The highest BCUT2D eigenvalue weighted by molar-refractivity contribution is 5.81. The van der Waals surface area contributed by atoms with Gasteiger partial charge in [0.05, 0.1) is 11.3 Å². The molecule has 2 saturated carbocycles. The number of aliphatic carboxylic acids is 2. The Bertz CT molecular complexity index is 285. The average Bonchev–Trinajstić information content (AvgIpc) is 2.66. The predicted molar refractivity (Wildman–Crippen MR) is 43.1 cm³/mol. The first-order valence-corrected chi connectivity index (χ1v) is 4.44. The smallest absolute Gasteiger partial charge is 0.309 e. The number of hydrogen-bond donors (Lipinski definition) is 2. The van der Waals surface area contributed by atoms with Gasteiger partial charge in [-0.05, 0) is 31.6 Å². The molecule has 13 heavy (non-hydrogen) atoms. The summed E-state index contributed by atoms with van der Waals surface area (Å²) in [7, 11) is 0. The third kappa shape index (κ3) is 0.913. The molecular formula is C9H12O4. The maximum Gasteiger partial charge on any atom is 0.309 e.